The van der Waals surface area contributed by atoms with Crippen LogP contribution in [0.5, 0.6) is 0 Å². The fourth-order valence-corrected chi connectivity index (χ4v) is 2.66. The average Bonchev–Trinajstić information content (AvgIpc) is 2.37. The predicted octanol–water partition coefficient (Wildman–Crippen LogP) is 3.07. The van der Waals surface area contributed by atoms with E-state index in [1.54, 1.807) is 24.3 Å². The van der Waals surface area contributed by atoms with E-state index in [9.17, 15) is 13.2 Å². The van der Waals surface area contributed by atoms with Gasteiger partial charge in [0, 0.05) is 5.56 Å². The number of halogens is 1. The number of carbonyl (C=O) groups excluding carboxylic acids is 1. The Labute approximate surface area is 115 Å². The molecule has 98 valence electrons. The first-order chi connectivity index (χ1) is 8.91. The highest BCUT2D eigenvalue weighted by molar-refractivity contribution is 7.86. The lowest BCUT2D eigenvalue weighted by atomic mass is 10.0. The van der Waals surface area contributed by atoms with Gasteiger partial charge >= 0.3 is 0 Å². The second-order valence-electron chi connectivity index (χ2n) is 3.86. The van der Waals surface area contributed by atoms with Crippen molar-refractivity contribution in [2.45, 2.75) is 4.90 Å². The van der Waals surface area contributed by atoms with Gasteiger partial charge in [0.05, 0.1) is 5.02 Å². The van der Waals surface area contributed by atoms with E-state index in [0.717, 1.165) is 11.8 Å². The van der Waals surface area contributed by atoms with Crippen molar-refractivity contribution in [3.63, 3.8) is 0 Å². The summed E-state index contributed by atoms with van der Waals surface area (Å²) in [6.07, 6.45) is 0.734. The molecule has 19 heavy (non-hydrogen) atoms. The third-order valence-electron chi connectivity index (χ3n) is 2.59. The number of rotatable bonds is 3. The van der Waals surface area contributed by atoms with E-state index in [-0.39, 0.29) is 9.92 Å². The van der Waals surface area contributed by atoms with Crippen molar-refractivity contribution in [1.82, 2.24) is 0 Å². The van der Waals surface area contributed by atoms with Crippen molar-refractivity contribution in [1.29, 1.82) is 0 Å². The van der Waals surface area contributed by atoms with Crippen molar-refractivity contribution in [2.24, 2.45) is 0 Å². The van der Waals surface area contributed by atoms with Crippen molar-refractivity contribution in [3.05, 3.63) is 53.1 Å². The van der Waals surface area contributed by atoms with E-state index in [0.29, 0.717) is 11.1 Å². The molecule has 2 rings (SSSR count). The fraction of sp³-hybridized carbons (Fsp3) is 0. The lowest BCUT2D eigenvalue weighted by molar-refractivity contribution is 0.112. The van der Waals surface area contributed by atoms with Crippen LogP contribution in [0.15, 0.2) is 47.4 Å². The molecule has 0 heterocycles. The standard InChI is InChI=1S/C13H9ClO4S/c14-12-7-11(5-6-13(12)19(16,17)18)10-3-1-9(8-15)2-4-10/h1-8H,(H,16,17,18). The van der Waals surface area contributed by atoms with Crippen LogP contribution in [0.4, 0.5) is 0 Å². The summed E-state index contributed by atoms with van der Waals surface area (Å²) in [7, 11) is -4.32. The Morgan fingerprint density at radius 2 is 1.58 bits per heavy atom. The molecule has 0 spiro atoms. The quantitative estimate of drug-likeness (QED) is 0.698. The van der Waals surface area contributed by atoms with E-state index in [1.807, 2.05) is 0 Å². The molecular formula is C13H9ClO4S. The van der Waals surface area contributed by atoms with Gasteiger partial charge < -0.3 is 0 Å². The van der Waals surface area contributed by atoms with Crippen LogP contribution in [-0.2, 0) is 10.1 Å². The molecule has 0 atom stereocenters. The Balaban J connectivity index is 2.47. The minimum absolute atomic E-state index is 0.0561. The van der Waals surface area contributed by atoms with E-state index in [1.165, 1.54) is 18.2 Å². The molecular weight excluding hydrogens is 288 g/mol. The number of aldehydes is 1. The molecule has 0 radical (unpaired) electrons. The average molecular weight is 297 g/mol. The van der Waals surface area contributed by atoms with Crippen LogP contribution in [0, 0.1) is 0 Å². The monoisotopic (exact) mass is 296 g/mol. The van der Waals surface area contributed by atoms with E-state index in [2.05, 4.69) is 0 Å². The summed E-state index contributed by atoms with van der Waals surface area (Å²) in [4.78, 5) is 10.2. The summed E-state index contributed by atoms with van der Waals surface area (Å²) >= 11 is 5.83. The molecule has 0 amide bonds. The Kier molecular flexibility index (Phi) is 3.71. The Hall–Kier alpha value is -1.69. The maximum atomic E-state index is 11.0. The topological polar surface area (TPSA) is 71.4 Å². The van der Waals surface area contributed by atoms with Crippen molar-refractivity contribution in [2.75, 3.05) is 0 Å². The maximum absolute atomic E-state index is 11.0. The SMILES string of the molecule is O=Cc1ccc(-c2ccc(S(=O)(=O)O)c(Cl)c2)cc1. The van der Waals surface area contributed by atoms with E-state index in [4.69, 9.17) is 16.2 Å². The van der Waals surface area contributed by atoms with Crippen molar-refractivity contribution < 1.29 is 17.8 Å². The van der Waals surface area contributed by atoms with Crippen LogP contribution in [0.3, 0.4) is 0 Å². The fourth-order valence-electron chi connectivity index (χ4n) is 1.64. The predicted molar refractivity (Wildman–Crippen MR) is 72.1 cm³/mol. The van der Waals surface area contributed by atoms with Crippen LogP contribution in [-0.4, -0.2) is 19.3 Å². The smallest absolute Gasteiger partial charge is 0.296 e. The minimum Gasteiger partial charge on any atom is -0.298 e. The maximum Gasteiger partial charge on any atom is 0.296 e. The molecule has 0 saturated heterocycles. The molecule has 6 heteroatoms. The van der Waals surface area contributed by atoms with Gasteiger partial charge in [0.2, 0.25) is 0 Å². The van der Waals surface area contributed by atoms with Gasteiger partial charge in [-0.25, -0.2) is 0 Å². The highest BCUT2D eigenvalue weighted by atomic mass is 35.5. The number of benzene rings is 2. The van der Waals surface area contributed by atoms with E-state index < -0.39 is 10.1 Å². The summed E-state index contributed by atoms with van der Waals surface area (Å²) in [6, 6.07) is 11.0. The molecule has 1 N–H and O–H groups in total. The highest BCUT2D eigenvalue weighted by Crippen LogP contribution is 2.28. The largest absolute Gasteiger partial charge is 0.298 e. The molecule has 0 aromatic heterocycles. The lowest BCUT2D eigenvalue weighted by Gasteiger charge is -2.05. The van der Waals surface area contributed by atoms with Gasteiger partial charge in [-0.3, -0.25) is 9.35 Å². The second-order valence-corrected chi connectivity index (χ2v) is 5.66. The zero-order valence-electron chi connectivity index (χ0n) is 9.58. The van der Waals surface area contributed by atoms with Crippen LogP contribution in [0.1, 0.15) is 10.4 Å². The third-order valence-corrected chi connectivity index (χ3v) is 3.93. The molecule has 0 aliphatic carbocycles. The van der Waals surface area contributed by atoms with Crippen molar-refractivity contribution >= 4 is 28.0 Å². The Morgan fingerprint density at radius 1 is 1.00 bits per heavy atom. The molecule has 4 nitrogen and oxygen atoms in total. The molecule has 2 aromatic carbocycles. The number of hydrogen-bond donors (Lipinski definition) is 1. The van der Waals surface area contributed by atoms with Gasteiger partial charge in [0.15, 0.2) is 0 Å². The van der Waals surface area contributed by atoms with Gasteiger partial charge in [0.1, 0.15) is 11.2 Å². The van der Waals surface area contributed by atoms with Gasteiger partial charge in [0.25, 0.3) is 10.1 Å². The third kappa shape index (κ3) is 3.01. The molecule has 0 bridgehead atoms. The molecule has 0 aliphatic rings. The van der Waals surface area contributed by atoms with Gasteiger partial charge in [-0.15, -0.1) is 0 Å². The van der Waals surface area contributed by atoms with Crippen LogP contribution < -0.4 is 0 Å². The molecule has 0 fully saturated rings. The zero-order valence-corrected chi connectivity index (χ0v) is 11.1. The first-order valence-corrected chi connectivity index (χ1v) is 7.06. The molecule has 0 saturated carbocycles. The second kappa shape index (κ2) is 5.13. The first kappa shape index (κ1) is 13.7. The van der Waals surface area contributed by atoms with Crippen molar-refractivity contribution in [3.8, 4) is 11.1 Å². The van der Waals surface area contributed by atoms with E-state index >= 15 is 0 Å². The van der Waals surface area contributed by atoms with Crippen LogP contribution in [0.25, 0.3) is 11.1 Å². The highest BCUT2D eigenvalue weighted by Gasteiger charge is 2.14. The minimum atomic E-state index is -4.32. The summed E-state index contributed by atoms with van der Waals surface area (Å²) < 4.78 is 31.0. The lowest BCUT2D eigenvalue weighted by Crippen LogP contribution is -1.98. The van der Waals surface area contributed by atoms with Crippen LogP contribution >= 0.6 is 11.6 Å². The summed E-state index contributed by atoms with van der Waals surface area (Å²) in [6.45, 7) is 0. The normalized spacial score (nSPS) is 11.3. The van der Waals surface area contributed by atoms with Crippen LogP contribution in [0.2, 0.25) is 5.02 Å². The molecule has 0 aliphatic heterocycles. The first-order valence-electron chi connectivity index (χ1n) is 5.24. The zero-order chi connectivity index (χ0) is 14.0. The number of hydrogen-bond acceptors (Lipinski definition) is 3. The summed E-state index contributed by atoms with van der Waals surface area (Å²) in [5, 5.41) is -0.0561. The Bertz CT molecular complexity index is 721. The molecule has 2 aromatic rings. The Morgan fingerprint density at radius 3 is 2.05 bits per heavy atom. The summed E-state index contributed by atoms with van der Waals surface area (Å²) in [5.74, 6) is 0. The van der Waals surface area contributed by atoms with Gasteiger partial charge in [-0.2, -0.15) is 8.42 Å². The number of carbonyl (C=O) groups is 1. The summed E-state index contributed by atoms with van der Waals surface area (Å²) in [5.41, 5.74) is 2.02. The molecule has 0 unspecified atom stereocenters. The van der Waals surface area contributed by atoms with Gasteiger partial charge in [-0.1, -0.05) is 41.9 Å². The van der Waals surface area contributed by atoms with Gasteiger partial charge in [-0.05, 0) is 23.3 Å².